The van der Waals surface area contributed by atoms with Crippen LogP contribution in [0.5, 0.6) is 5.75 Å². The lowest BCUT2D eigenvalue weighted by Crippen LogP contribution is -2.45. The zero-order valence-electron chi connectivity index (χ0n) is 14.7. The molecule has 0 bridgehead atoms. The van der Waals surface area contributed by atoms with Crippen LogP contribution in [-0.2, 0) is 9.16 Å². The Labute approximate surface area is 138 Å². The van der Waals surface area contributed by atoms with Gasteiger partial charge in [-0.05, 0) is 31.1 Å². The molecule has 0 amide bonds. The van der Waals surface area contributed by atoms with Gasteiger partial charge in [0.1, 0.15) is 11.5 Å². The van der Waals surface area contributed by atoms with Crippen LogP contribution in [0.1, 0.15) is 38.0 Å². The van der Waals surface area contributed by atoms with Gasteiger partial charge >= 0.3 is 5.63 Å². The van der Waals surface area contributed by atoms with Crippen LogP contribution in [0.4, 0.5) is 0 Å². The second-order valence-electron chi connectivity index (χ2n) is 7.51. The Kier molecular flexibility index (Phi) is 4.89. The van der Waals surface area contributed by atoms with E-state index >= 15 is 0 Å². The van der Waals surface area contributed by atoms with Crippen molar-refractivity contribution in [1.82, 2.24) is 0 Å². The summed E-state index contributed by atoms with van der Waals surface area (Å²) in [5, 5.41) is 10.1. The van der Waals surface area contributed by atoms with Crippen LogP contribution in [0.25, 0.3) is 0 Å². The van der Waals surface area contributed by atoms with Crippen molar-refractivity contribution in [3.05, 3.63) is 40.0 Å². The van der Waals surface area contributed by atoms with Gasteiger partial charge < -0.3 is 18.7 Å². The van der Waals surface area contributed by atoms with E-state index in [-0.39, 0.29) is 28.9 Å². The van der Waals surface area contributed by atoms with E-state index in [0.29, 0.717) is 5.76 Å². The van der Waals surface area contributed by atoms with Crippen LogP contribution >= 0.6 is 0 Å². The first-order valence-corrected chi connectivity index (χ1v) is 10.7. The molecule has 0 aliphatic carbocycles. The first-order chi connectivity index (χ1) is 10.5. The molecule has 0 spiro atoms. The molecular formula is C17H26O5Si. The molecule has 0 unspecified atom stereocenters. The minimum Gasteiger partial charge on any atom is -0.507 e. The highest BCUT2D eigenvalue weighted by molar-refractivity contribution is 6.74. The van der Waals surface area contributed by atoms with E-state index in [4.69, 9.17) is 13.6 Å². The highest BCUT2D eigenvalue weighted by Crippen LogP contribution is 2.38. The van der Waals surface area contributed by atoms with Gasteiger partial charge in [0, 0.05) is 12.0 Å². The summed E-state index contributed by atoms with van der Waals surface area (Å²) in [5.74, 6) is 0.00275. The van der Waals surface area contributed by atoms with Crippen molar-refractivity contribution in [2.75, 3.05) is 6.61 Å². The van der Waals surface area contributed by atoms with Gasteiger partial charge in [-0.25, -0.2) is 4.79 Å². The Hall–Kier alpha value is -1.37. The van der Waals surface area contributed by atoms with Crippen LogP contribution in [0.3, 0.4) is 0 Å². The van der Waals surface area contributed by atoms with Crippen LogP contribution in [-0.4, -0.2) is 26.3 Å². The van der Waals surface area contributed by atoms with E-state index in [1.54, 1.807) is 6.92 Å². The predicted octanol–water partition coefficient (Wildman–Crippen LogP) is 3.67. The SMILES string of the molecule is Cc1cc(O)c([C@@H]2C=C[C@@H](O[Si](C)(C)C(C)(C)C)OC2)c(=O)o1. The van der Waals surface area contributed by atoms with Crippen LogP contribution in [0, 0.1) is 6.92 Å². The molecule has 1 aromatic rings. The van der Waals surface area contributed by atoms with Gasteiger partial charge in [0.25, 0.3) is 0 Å². The molecule has 128 valence electrons. The van der Waals surface area contributed by atoms with Gasteiger partial charge in [0.2, 0.25) is 0 Å². The molecule has 0 radical (unpaired) electrons. The standard InChI is InChI=1S/C17H26O5Si/c1-11-9-13(18)15(16(19)21-11)12-7-8-14(20-10-12)22-23(5,6)17(2,3)4/h7-9,12,14,18H,10H2,1-6H3/t12-,14-/m1/s1. The third-order valence-electron chi connectivity index (χ3n) is 4.62. The Balaban J connectivity index is 2.15. The van der Waals surface area contributed by atoms with E-state index in [1.165, 1.54) is 6.07 Å². The first-order valence-electron chi connectivity index (χ1n) is 7.82. The van der Waals surface area contributed by atoms with Gasteiger partial charge in [-0.3, -0.25) is 0 Å². The highest BCUT2D eigenvalue weighted by Gasteiger charge is 2.39. The molecule has 0 saturated carbocycles. The van der Waals surface area contributed by atoms with Gasteiger partial charge in [0.15, 0.2) is 14.6 Å². The predicted molar refractivity (Wildman–Crippen MR) is 91.3 cm³/mol. The second-order valence-corrected chi connectivity index (χ2v) is 12.3. The lowest BCUT2D eigenvalue weighted by atomic mass is 9.99. The van der Waals surface area contributed by atoms with Crippen molar-refractivity contribution >= 4 is 8.32 Å². The lowest BCUT2D eigenvalue weighted by Gasteiger charge is -2.39. The Morgan fingerprint density at radius 3 is 2.43 bits per heavy atom. The van der Waals surface area contributed by atoms with Crippen molar-refractivity contribution in [2.45, 2.75) is 58.0 Å². The summed E-state index contributed by atoms with van der Waals surface area (Å²) in [6.45, 7) is 12.7. The molecule has 1 aromatic heterocycles. The summed E-state index contributed by atoms with van der Waals surface area (Å²) >= 11 is 0. The molecule has 0 saturated heterocycles. The van der Waals surface area contributed by atoms with E-state index in [9.17, 15) is 9.90 Å². The van der Waals surface area contributed by atoms with Gasteiger partial charge in [-0.1, -0.05) is 26.8 Å². The van der Waals surface area contributed by atoms with Crippen molar-refractivity contribution in [3.63, 3.8) is 0 Å². The Morgan fingerprint density at radius 2 is 1.96 bits per heavy atom. The van der Waals surface area contributed by atoms with Crippen molar-refractivity contribution in [1.29, 1.82) is 0 Å². The number of aryl methyl sites for hydroxylation is 1. The quantitative estimate of drug-likeness (QED) is 0.672. The molecule has 1 aliphatic rings. The van der Waals surface area contributed by atoms with Crippen LogP contribution in [0.2, 0.25) is 18.1 Å². The fourth-order valence-corrected chi connectivity index (χ4v) is 3.28. The largest absolute Gasteiger partial charge is 0.507 e. The topological polar surface area (TPSA) is 68.9 Å². The summed E-state index contributed by atoms with van der Waals surface area (Å²) in [5.41, 5.74) is -0.290. The molecule has 2 atom stereocenters. The fraction of sp³-hybridized carbons (Fsp3) is 0.588. The van der Waals surface area contributed by atoms with Crippen molar-refractivity contribution < 1.29 is 18.7 Å². The summed E-state index contributed by atoms with van der Waals surface area (Å²) < 4.78 is 17.0. The second kappa shape index (κ2) is 6.26. The van der Waals surface area contributed by atoms with Gasteiger partial charge in [-0.2, -0.15) is 0 Å². The van der Waals surface area contributed by atoms with Gasteiger partial charge in [0.05, 0.1) is 12.2 Å². The molecule has 0 aromatic carbocycles. The molecule has 1 aliphatic heterocycles. The average Bonchev–Trinajstić information content (AvgIpc) is 2.37. The third-order valence-corrected chi connectivity index (χ3v) is 9.05. The summed E-state index contributed by atoms with van der Waals surface area (Å²) in [6, 6.07) is 1.45. The minimum absolute atomic E-state index is 0.0548. The molecule has 23 heavy (non-hydrogen) atoms. The van der Waals surface area contributed by atoms with E-state index in [2.05, 4.69) is 33.9 Å². The zero-order chi connectivity index (χ0) is 17.4. The highest BCUT2D eigenvalue weighted by atomic mass is 28.4. The number of hydrogen-bond acceptors (Lipinski definition) is 5. The monoisotopic (exact) mass is 338 g/mol. The van der Waals surface area contributed by atoms with E-state index in [0.717, 1.165) is 0 Å². The molecule has 2 rings (SSSR count). The van der Waals surface area contributed by atoms with E-state index in [1.807, 2.05) is 12.2 Å². The summed E-state index contributed by atoms with van der Waals surface area (Å²) in [6.07, 6.45) is 3.25. The first kappa shape index (κ1) is 18.0. The number of ether oxygens (including phenoxy) is 1. The minimum atomic E-state index is -1.93. The number of hydrogen-bond donors (Lipinski definition) is 1. The van der Waals surface area contributed by atoms with Crippen molar-refractivity contribution in [2.24, 2.45) is 0 Å². The maximum Gasteiger partial charge on any atom is 0.343 e. The Morgan fingerprint density at radius 1 is 1.30 bits per heavy atom. The van der Waals surface area contributed by atoms with Gasteiger partial charge in [-0.15, -0.1) is 0 Å². The molecule has 0 fully saturated rings. The maximum absolute atomic E-state index is 12.0. The molecular weight excluding hydrogens is 312 g/mol. The summed E-state index contributed by atoms with van der Waals surface area (Å²) in [7, 11) is -1.93. The average molecular weight is 338 g/mol. The Bertz CT molecular complexity index is 654. The number of aromatic hydroxyl groups is 1. The molecule has 5 nitrogen and oxygen atoms in total. The zero-order valence-corrected chi connectivity index (χ0v) is 15.7. The maximum atomic E-state index is 12.0. The molecule has 6 heteroatoms. The normalized spacial score (nSPS) is 22.3. The van der Waals surface area contributed by atoms with E-state index < -0.39 is 20.2 Å². The number of rotatable bonds is 3. The van der Waals surface area contributed by atoms with Crippen molar-refractivity contribution in [3.8, 4) is 5.75 Å². The molecule has 1 N–H and O–H groups in total. The fourth-order valence-electron chi connectivity index (χ4n) is 2.20. The lowest BCUT2D eigenvalue weighted by molar-refractivity contribution is -0.0640. The summed E-state index contributed by atoms with van der Waals surface area (Å²) in [4.78, 5) is 12.0. The third kappa shape index (κ3) is 3.94. The molecule has 2 heterocycles. The van der Waals surface area contributed by atoms with Crippen LogP contribution in [0.15, 0.2) is 27.4 Å². The van der Waals surface area contributed by atoms with Crippen LogP contribution < -0.4 is 5.63 Å². The smallest absolute Gasteiger partial charge is 0.343 e.